The molecule has 2 aromatic carbocycles. The Labute approximate surface area is 592 Å². The Hall–Kier alpha value is -3.20. The van der Waals surface area contributed by atoms with Crippen molar-refractivity contribution in [3.8, 4) is 0 Å². The lowest BCUT2D eigenvalue weighted by atomic mass is 10.1. The predicted octanol–water partition coefficient (Wildman–Crippen LogP) is 11.2. The summed E-state index contributed by atoms with van der Waals surface area (Å²) in [4.78, 5) is 21.7. The van der Waals surface area contributed by atoms with E-state index in [0.29, 0.717) is 106 Å². The van der Waals surface area contributed by atoms with Crippen LogP contribution in [0, 0.1) is 0 Å². The molecule has 20 heteroatoms. The second-order valence-electron chi connectivity index (χ2n) is 27.1. The first-order chi connectivity index (χ1) is 48.8. The number of rotatable bonds is 30. The summed E-state index contributed by atoms with van der Waals surface area (Å²) in [6, 6.07) is 17.0. The van der Waals surface area contributed by atoms with Crippen LogP contribution >= 0.6 is 0 Å². The Bertz CT molecular complexity index is 2220. The Morgan fingerprint density at radius 3 is 0.612 bits per heavy atom. The van der Waals surface area contributed by atoms with Crippen molar-refractivity contribution in [3.05, 3.63) is 72.1 Å². The van der Waals surface area contributed by atoms with Gasteiger partial charge in [-0.05, 0) is 75.1 Å². The Morgan fingerprint density at radius 2 is 0.398 bits per heavy atom. The summed E-state index contributed by atoms with van der Waals surface area (Å²) in [5, 5.41) is 2.56. The van der Waals surface area contributed by atoms with E-state index in [0.717, 1.165) is 171 Å². The molecule has 0 saturated carbocycles. The number of ether oxygens (including phenoxy) is 12. The zero-order valence-electron chi connectivity index (χ0n) is 61.2. The van der Waals surface area contributed by atoms with Crippen molar-refractivity contribution < 1.29 is 56.8 Å². The van der Waals surface area contributed by atoms with Gasteiger partial charge in [0.1, 0.15) is 0 Å². The molecular weight excluding hydrogens is 1240 g/mol. The average molecular weight is 1380 g/mol. The summed E-state index contributed by atoms with van der Waals surface area (Å²) in [6.45, 7) is 33.0. The van der Waals surface area contributed by atoms with Crippen LogP contribution in [0.2, 0.25) is 0 Å². The average Bonchev–Trinajstić information content (AvgIpc) is 1.71. The van der Waals surface area contributed by atoms with Gasteiger partial charge in [-0.1, -0.05) is 139 Å². The molecule has 3 fully saturated rings. The van der Waals surface area contributed by atoms with E-state index in [1.165, 1.54) is 161 Å². The number of aromatic nitrogens is 2. The molecule has 2 N–H and O–H groups in total. The first-order valence-corrected chi connectivity index (χ1v) is 39.1. The summed E-state index contributed by atoms with van der Waals surface area (Å²) >= 11 is 0. The van der Waals surface area contributed by atoms with Gasteiger partial charge in [0.25, 0.3) is 0 Å². The highest BCUT2D eigenvalue weighted by Crippen LogP contribution is 2.22. The highest BCUT2D eigenvalue weighted by Gasteiger charge is 2.16. The number of para-hydroxylation sites is 2. The standard InChI is InChI=1S/C78H136N8O12/c1(3-7-11-15-23-31-83-37-49-91-61-65-95-53-41-85(42-54-96-66-62-92-50-38-83)71-73-69-79-77-27-19-17-25-75(73)77)5-9-13-21-29-81-33-45-87-57-59-89-47-35-82(36-48-90-60-58-88-46-34-81)30-22-14-10-6-2-4-8-12-16-24-32-84-39-51-93-63-67-97-55-43-86(44-56-98-68-64-94-52-40-84)72-74-70-80-78-28-20-18-26-76(74)78/h17-20,25-28,69-70,79-80H,1-16,21-24,29-68,71-72H2. The van der Waals surface area contributed by atoms with Crippen molar-refractivity contribution in [2.75, 3.05) is 263 Å². The minimum absolute atomic E-state index is 0.617. The number of nitrogens with zero attached hydrogens (tertiary/aromatic N) is 6. The molecule has 98 heavy (non-hydrogen) atoms. The van der Waals surface area contributed by atoms with E-state index in [9.17, 15) is 0 Å². The largest absolute Gasteiger partial charge is 0.378 e. The second-order valence-corrected chi connectivity index (χ2v) is 27.1. The normalized spacial score (nSPS) is 20.3. The van der Waals surface area contributed by atoms with Gasteiger partial charge in [0.15, 0.2) is 0 Å². The number of nitrogens with one attached hydrogen (secondary N) is 2. The lowest BCUT2D eigenvalue weighted by Gasteiger charge is -2.23. The summed E-state index contributed by atoms with van der Waals surface area (Å²) in [7, 11) is 0. The van der Waals surface area contributed by atoms with Crippen LogP contribution in [0.25, 0.3) is 21.8 Å². The molecule has 3 aliphatic heterocycles. The van der Waals surface area contributed by atoms with Gasteiger partial charge >= 0.3 is 0 Å². The predicted molar refractivity (Wildman–Crippen MR) is 395 cm³/mol. The quantitative estimate of drug-likeness (QED) is 0.0474. The molecule has 3 saturated heterocycles. The van der Waals surface area contributed by atoms with Crippen LogP contribution in [0.4, 0.5) is 0 Å². The molecule has 3 aliphatic rings. The van der Waals surface area contributed by atoms with E-state index in [-0.39, 0.29) is 0 Å². The van der Waals surface area contributed by atoms with Gasteiger partial charge in [-0.3, -0.25) is 29.4 Å². The molecule has 0 atom stereocenters. The zero-order chi connectivity index (χ0) is 67.7. The van der Waals surface area contributed by atoms with Crippen LogP contribution in [-0.4, -0.2) is 303 Å². The monoisotopic (exact) mass is 1380 g/mol. The van der Waals surface area contributed by atoms with Gasteiger partial charge in [-0.15, -0.1) is 0 Å². The van der Waals surface area contributed by atoms with Crippen molar-refractivity contribution in [1.82, 2.24) is 39.4 Å². The first kappa shape index (κ1) is 82.1. The smallest absolute Gasteiger partial charge is 0.0701 e. The third kappa shape index (κ3) is 39.4. The number of benzene rings is 2. The van der Waals surface area contributed by atoms with E-state index in [1.54, 1.807) is 0 Å². The third-order valence-electron chi connectivity index (χ3n) is 19.4. The lowest BCUT2D eigenvalue weighted by Crippen LogP contribution is -2.34. The molecule has 7 rings (SSSR count). The highest BCUT2D eigenvalue weighted by molar-refractivity contribution is 5.83. The van der Waals surface area contributed by atoms with Gasteiger partial charge in [-0.25, -0.2) is 0 Å². The van der Waals surface area contributed by atoms with Gasteiger partial charge < -0.3 is 66.8 Å². The Balaban J connectivity index is 0.619. The zero-order valence-corrected chi connectivity index (χ0v) is 61.2. The highest BCUT2D eigenvalue weighted by atomic mass is 16.5. The third-order valence-corrected chi connectivity index (χ3v) is 19.4. The number of fused-ring (bicyclic) bond motifs is 2. The lowest BCUT2D eigenvalue weighted by molar-refractivity contribution is 0.00704. The minimum Gasteiger partial charge on any atom is -0.378 e. The van der Waals surface area contributed by atoms with E-state index < -0.39 is 0 Å². The van der Waals surface area contributed by atoms with Crippen molar-refractivity contribution in [3.63, 3.8) is 0 Å². The van der Waals surface area contributed by atoms with E-state index in [2.05, 4.69) is 100 Å². The summed E-state index contributed by atoms with van der Waals surface area (Å²) in [5.41, 5.74) is 4.96. The van der Waals surface area contributed by atoms with E-state index in [4.69, 9.17) is 56.8 Å². The topological polar surface area (TPSA) is 162 Å². The summed E-state index contributed by atoms with van der Waals surface area (Å²) in [6.07, 6.45) is 30.3. The van der Waals surface area contributed by atoms with Gasteiger partial charge in [-0.2, -0.15) is 0 Å². The molecule has 4 aromatic rings. The van der Waals surface area contributed by atoms with Crippen LogP contribution in [0.5, 0.6) is 0 Å². The van der Waals surface area contributed by atoms with Crippen molar-refractivity contribution in [2.24, 2.45) is 0 Å². The molecule has 0 radical (unpaired) electrons. The molecule has 560 valence electrons. The molecule has 0 unspecified atom stereocenters. The molecule has 0 amide bonds. The van der Waals surface area contributed by atoms with Gasteiger partial charge in [0.05, 0.1) is 159 Å². The van der Waals surface area contributed by atoms with Crippen LogP contribution in [-0.2, 0) is 69.9 Å². The fraction of sp³-hybridized carbons (Fsp3) is 0.795. The van der Waals surface area contributed by atoms with Crippen LogP contribution in [0.15, 0.2) is 60.9 Å². The molecule has 2 aromatic heterocycles. The van der Waals surface area contributed by atoms with Gasteiger partial charge in [0.2, 0.25) is 0 Å². The van der Waals surface area contributed by atoms with Crippen molar-refractivity contribution in [2.45, 2.75) is 142 Å². The fourth-order valence-electron chi connectivity index (χ4n) is 13.3. The maximum atomic E-state index is 6.08. The number of aromatic amines is 2. The Kier molecular flexibility index (Phi) is 47.9. The van der Waals surface area contributed by atoms with Crippen LogP contribution in [0.1, 0.15) is 140 Å². The maximum Gasteiger partial charge on any atom is 0.0701 e. The van der Waals surface area contributed by atoms with Crippen LogP contribution in [0.3, 0.4) is 0 Å². The first-order valence-electron chi connectivity index (χ1n) is 39.1. The minimum atomic E-state index is 0.617. The van der Waals surface area contributed by atoms with E-state index >= 15 is 0 Å². The van der Waals surface area contributed by atoms with Crippen LogP contribution < -0.4 is 0 Å². The molecular formula is C78H136N8O12. The molecule has 0 bridgehead atoms. The molecule has 0 aliphatic carbocycles. The molecule has 0 spiro atoms. The molecule has 20 nitrogen and oxygen atoms in total. The van der Waals surface area contributed by atoms with Crippen molar-refractivity contribution >= 4 is 21.8 Å². The number of hydrogen-bond acceptors (Lipinski definition) is 18. The molecule has 5 heterocycles. The number of hydrogen-bond donors (Lipinski definition) is 2. The van der Waals surface area contributed by atoms with E-state index in [1.807, 2.05) is 0 Å². The maximum absolute atomic E-state index is 6.08. The Morgan fingerprint density at radius 1 is 0.214 bits per heavy atom. The summed E-state index contributed by atoms with van der Waals surface area (Å²) in [5.74, 6) is 0. The summed E-state index contributed by atoms with van der Waals surface area (Å²) < 4.78 is 72.5. The fourth-order valence-corrected chi connectivity index (χ4v) is 13.3. The number of H-pyrrole nitrogens is 2. The van der Waals surface area contributed by atoms with Crippen molar-refractivity contribution in [1.29, 1.82) is 0 Å². The number of unbranched alkanes of at least 4 members (excludes halogenated alkanes) is 18. The SMILES string of the molecule is c1ccc2c(CN3CCOCCOCCN(CCCCCCCCCCCCN4CCOCCOCCN(CCCCCCCCCCCCN5CCOCCOCCN(Cc6c[nH]c7ccccc67)CCOCCOCC5)CCOCCOCC4)CCOCCOCC3)c[nH]c2c1. The second kappa shape index (κ2) is 57.2. The van der Waals surface area contributed by atoms with Gasteiger partial charge in [0, 0.05) is 126 Å².